The number of carbonyl (C=O) groups is 1. The lowest BCUT2D eigenvalue weighted by molar-refractivity contribution is 0.105. The van der Waals surface area contributed by atoms with Crippen LogP contribution in [0.1, 0.15) is 39.0 Å². The van der Waals surface area contributed by atoms with Crippen molar-refractivity contribution in [2.45, 2.75) is 26.4 Å². The molecule has 1 heterocycles. The van der Waals surface area contributed by atoms with Crippen LogP contribution in [0.25, 0.3) is 6.08 Å². The molecule has 0 aliphatic carbocycles. The molecule has 0 bridgehead atoms. The molecule has 0 N–H and O–H groups in total. The topological polar surface area (TPSA) is 35.5 Å². The third kappa shape index (κ3) is 5.80. The number of ketones is 1. The predicted molar refractivity (Wildman–Crippen MR) is 123 cm³/mol. The SMILES string of the molecule is CCCc1sc(C(=O)/C=C/c2ccc(OC)c(COc3ccc(F)cc3)c2)cc1Br. The average Bonchev–Trinajstić information content (AvgIpc) is 3.12. The van der Waals surface area contributed by atoms with Gasteiger partial charge in [-0.1, -0.05) is 25.5 Å². The largest absolute Gasteiger partial charge is 0.496 e. The van der Waals surface area contributed by atoms with Gasteiger partial charge in [-0.05, 0) is 76.5 Å². The first kappa shape index (κ1) is 22.2. The molecule has 3 rings (SSSR count). The lowest BCUT2D eigenvalue weighted by Crippen LogP contribution is -1.99. The van der Waals surface area contributed by atoms with E-state index in [0.29, 0.717) is 11.5 Å². The molecule has 0 saturated carbocycles. The van der Waals surface area contributed by atoms with Crippen molar-refractivity contribution in [2.75, 3.05) is 7.11 Å². The van der Waals surface area contributed by atoms with Gasteiger partial charge in [-0.2, -0.15) is 0 Å². The number of hydrogen-bond donors (Lipinski definition) is 0. The minimum atomic E-state index is -0.309. The Hall–Kier alpha value is -2.44. The Kier molecular flexibility index (Phi) is 7.82. The third-order valence-corrected chi connectivity index (χ3v) is 6.60. The van der Waals surface area contributed by atoms with Crippen molar-refractivity contribution in [1.82, 2.24) is 0 Å². The van der Waals surface area contributed by atoms with Crippen molar-refractivity contribution in [3.8, 4) is 11.5 Å². The number of methoxy groups -OCH3 is 1. The van der Waals surface area contributed by atoms with E-state index in [1.54, 1.807) is 31.4 Å². The highest BCUT2D eigenvalue weighted by molar-refractivity contribution is 9.10. The standard InChI is InChI=1S/C24H22BrFO3S/c1-3-4-23-20(25)14-24(30-23)21(27)11-5-16-6-12-22(28-2)17(13-16)15-29-19-9-7-18(26)8-10-19/h5-14H,3-4,15H2,1-2H3/b11-5+. The van der Waals surface area contributed by atoms with E-state index in [4.69, 9.17) is 9.47 Å². The number of ether oxygens (including phenoxy) is 2. The van der Waals surface area contributed by atoms with E-state index in [0.717, 1.165) is 33.3 Å². The van der Waals surface area contributed by atoms with Gasteiger partial charge in [0, 0.05) is 14.9 Å². The molecule has 1 aromatic heterocycles. The summed E-state index contributed by atoms with van der Waals surface area (Å²) in [5.41, 5.74) is 1.70. The van der Waals surface area contributed by atoms with E-state index in [9.17, 15) is 9.18 Å². The molecule has 0 amide bonds. The van der Waals surface area contributed by atoms with Crippen molar-refractivity contribution >= 4 is 39.1 Å². The van der Waals surface area contributed by atoms with Crippen LogP contribution in [-0.2, 0) is 13.0 Å². The fourth-order valence-corrected chi connectivity index (χ4v) is 4.78. The summed E-state index contributed by atoms with van der Waals surface area (Å²) >= 11 is 5.06. The Morgan fingerprint density at radius 1 is 1.17 bits per heavy atom. The fourth-order valence-electron chi connectivity index (χ4n) is 2.89. The van der Waals surface area contributed by atoms with Crippen LogP contribution in [0, 0.1) is 5.82 Å². The Bertz CT molecular complexity index is 1040. The van der Waals surface area contributed by atoms with E-state index >= 15 is 0 Å². The number of rotatable bonds is 9. The molecule has 156 valence electrons. The van der Waals surface area contributed by atoms with Gasteiger partial charge in [-0.25, -0.2) is 4.39 Å². The first-order chi connectivity index (χ1) is 14.5. The summed E-state index contributed by atoms with van der Waals surface area (Å²) < 4.78 is 25.2. The lowest BCUT2D eigenvalue weighted by Gasteiger charge is -2.11. The Morgan fingerprint density at radius 3 is 2.63 bits per heavy atom. The Balaban J connectivity index is 1.72. The third-order valence-electron chi connectivity index (χ3n) is 4.42. The summed E-state index contributed by atoms with van der Waals surface area (Å²) in [6.07, 6.45) is 5.37. The average molecular weight is 489 g/mol. The molecule has 0 aliphatic heterocycles. The van der Waals surface area contributed by atoms with Crippen LogP contribution in [0.3, 0.4) is 0 Å². The zero-order valence-corrected chi connectivity index (χ0v) is 19.2. The van der Waals surface area contributed by atoms with Gasteiger partial charge in [-0.3, -0.25) is 4.79 Å². The molecule has 0 aliphatic rings. The van der Waals surface area contributed by atoms with E-state index in [1.165, 1.54) is 28.3 Å². The van der Waals surface area contributed by atoms with Crippen LogP contribution in [0.2, 0.25) is 0 Å². The van der Waals surface area contributed by atoms with Crippen LogP contribution >= 0.6 is 27.3 Å². The summed E-state index contributed by atoms with van der Waals surface area (Å²) in [5, 5.41) is 0. The summed E-state index contributed by atoms with van der Waals surface area (Å²) in [4.78, 5) is 14.5. The monoisotopic (exact) mass is 488 g/mol. The highest BCUT2D eigenvalue weighted by atomic mass is 79.9. The normalized spacial score (nSPS) is 11.1. The fraction of sp³-hybridized carbons (Fsp3) is 0.208. The molecule has 30 heavy (non-hydrogen) atoms. The van der Waals surface area contributed by atoms with Gasteiger partial charge in [-0.15, -0.1) is 11.3 Å². The van der Waals surface area contributed by atoms with Gasteiger partial charge >= 0.3 is 0 Å². The molecule has 0 radical (unpaired) electrons. The van der Waals surface area contributed by atoms with Crippen LogP contribution in [0.15, 0.2) is 59.1 Å². The van der Waals surface area contributed by atoms with Gasteiger partial charge in [0.1, 0.15) is 23.9 Å². The number of benzene rings is 2. The number of thiophene rings is 1. The van der Waals surface area contributed by atoms with Gasteiger partial charge in [0.05, 0.1) is 12.0 Å². The number of aryl methyl sites for hydroxylation is 1. The summed E-state index contributed by atoms with van der Waals surface area (Å²) in [6, 6.07) is 13.4. The van der Waals surface area contributed by atoms with E-state index in [-0.39, 0.29) is 18.2 Å². The Morgan fingerprint density at radius 2 is 1.93 bits per heavy atom. The van der Waals surface area contributed by atoms with E-state index in [1.807, 2.05) is 24.3 Å². The zero-order valence-electron chi connectivity index (χ0n) is 16.8. The number of hydrogen-bond acceptors (Lipinski definition) is 4. The second kappa shape index (κ2) is 10.5. The van der Waals surface area contributed by atoms with Crippen LogP contribution in [0.5, 0.6) is 11.5 Å². The zero-order chi connectivity index (χ0) is 21.5. The molecule has 0 saturated heterocycles. The van der Waals surface area contributed by atoms with Crippen molar-refractivity contribution in [1.29, 1.82) is 0 Å². The number of carbonyl (C=O) groups excluding carboxylic acids is 1. The summed E-state index contributed by atoms with van der Waals surface area (Å²) in [6.45, 7) is 2.39. The van der Waals surface area contributed by atoms with Gasteiger partial charge in [0.2, 0.25) is 0 Å². The molecule has 0 unspecified atom stereocenters. The van der Waals surface area contributed by atoms with Crippen molar-refractivity contribution in [3.63, 3.8) is 0 Å². The second-order valence-electron chi connectivity index (χ2n) is 6.64. The molecule has 0 fully saturated rings. The minimum Gasteiger partial charge on any atom is -0.496 e. The Labute approximate surface area is 188 Å². The van der Waals surface area contributed by atoms with E-state index in [2.05, 4.69) is 22.9 Å². The molecule has 3 nitrogen and oxygen atoms in total. The number of halogens is 2. The predicted octanol–water partition coefficient (Wildman–Crippen LogP) is 7.09. The second-order valence-corrected chi connectivity index (χ2v) is 8.63. The van der Waals surface area contributed by atoms with Gasteiger partial charge < -0.3 is 9.47 Å². The molecule has 3 aromatic rings. The van der Waals surface area contributed by atoms with Crippen LogP contribution in [0.4, 0.5) is 4.39 Å². The van der Waals surface area contributed by atoms with Crippen molar-refractivity contribution in [2.24, 2.45) is 0 Å². The number of allylic oxidation sites excluding steroid dienone is 1. The molecular weight excluding hydrogens is 467 g/mol. The maximum atomic E-state index is 13.0. The van der Waals surface area contributed by atoms with Crippen LogP contribution < -0.4 is 9.47 Å². The van der Waals surface area contributed by atoms with Crippen molar-refractivity contribution in [3.05, 3.63) is 85.8 Å². The quantitative estimate of drug-likeness (QED) is 0.238. The molecule has 0 atom stereocenters. The highest BCUT2D eigenvalue weighted by Gasteiger charge is 2.11. The van der Waals surface area contributed by atoms with Gasteiger partial charge in [0.25, 0.3) is 0 Å². The minimum absolute atomic E-state index is 0.0250. The summed E-state index contributed by atoms with van der Waals surface area (Å²) in [5.74, 6) is 0.923. The maximum absolute atomic E-state index is 13.0. The molecule has 6 heteroatoms. The highest BCUT2D eigenvalue weighted by Crippen LogP contribution is 2.29. The lowest BCUT2D eigenvalue weighted by atomic mass is 10.1. The van der Waals surface area contributed by atoms with E-state index < -0.39 is 0 Å². The smallest absolute Gasteiger partial charge is 0.195 e. The van der Waals surface area contributed by atoms with Crippen molar-refractivity contribution < 1.29 is 18.7 Å². The molecular formula is C24H22BrFO3S. The van der Waals surface area contributed by atoms with Crippen LogP contribution in [-0.4, -0.2) is 12.9 Å². The molecule has 0 spiro atoms. The summed E-state index contributed by atoms with van der Waals surface area (Å²) in [7, 11) is 1.60. The molecule has 2 aromatic carbocycles. The maximum Gasteiger partial charge on any atom is 0.195 e. The van der Waals surface area contributed by atoms with Gasteiger partial charge in [0.15, 0.2) is 5.78 Å². The first-order valence-electron chi connectivity index (χ1n) is 9.56. The first-order valence-corrected chi connectivity index (χ1v) is 11.2.